The first-order chi connectivity index (χ1) is 8.79. The van der Waals surface area contributed by atoms with Crippen molar-refractivity contribution >= 4 is 11.8 Å². The molecule has 1 N–H and O–H groups in total. The molecule has 0 saturated carbocycles. The average molecular weight is 274 g/mol. The number of amides is 2. The van der Waals surface area contributed by atoms with Crippen LogP contribution in [0.1, 0.15) is 26.7 Å². The molecule has 0 atom stereocenters. The summed E-state index contributed by atoms with van der Waals surface area (Å²) in [5.41, 5.74) is -0.812. The minimum absolute atomic E-state index is 0.154. The summed E-state index contributed by atoms with van der Waals surface area (Å²) in [6, 6.07) is 0. The van der Waals surface area contributed by atoms with Gasteiger partial charge in [-0.3, -0.25) is 9.59 Å². The Hall–Kier alpha value is -1.90. The predicted molar refractivity (Wildman–Crippen MR) is 62.0 cm³/mol. The number of nitrogens with zero attached hydrogens (tertiary/aromatic N) is 4. The van der Waals surface area contributed by atoms with Gasteiger partial charge in [0.05, 0.1) is 18.6 Å². The van der Waals surface area contributed by atoms with Crippen molar-refractivity contribution in [1.82, 2.24) is 9.91 Å². The number of rotatable bonds is 6. The standard InChI is InChI=1S/C10H18N4O5/c1-10(2,6-15)12(3)14(18)11-19-7-13-8(16)4-5-9(13)17/h15H,4-7H2,1-3H3. The molecule has 1 aliphatic heterocycles. The Kier molecular flexibility index (Phi) is 4.65. The van der Waals surface area contributed by atoms with Crippen LogP contribution in [0.5, 0.6) is 0 Å². The average Bonchev–Trinajstić information content (AvgIpc) is 2.69. The van der Waals surface area contributed by atoms with Crippen LogP contribution >= 0.6 is 0 Å². The van der Waals surface area contributed by atoms with E-state index in [1.165, 1.54) is 7.05 Å². The molecule has 0 bridgehead atoms. The molecule has 0 aliphatic carbocycles. The van der Waals surface area contributed by atoms with E-state index in [0.29, 0.717) is 0 Å². The zero-order valence-corrected chi connectivity index (χ0v) is 11.2. The summed E-state index contributed by atoms with van der Waals surface area (Å²) in [6.45, 7) is 2.65. The van der Waals surface area contributed by atoms with Gasteiger partial charge in [0.15, 0.2) is 0 Å². The normalized spacial score (nSPS) is 17.1. The lowest BCUT2D eigenvalue weighted by Crippen LogP contribution is -2.47. The number of hydrogen-bond donors (Lipinski definition) is 1. The van der Waals surface area contributed by atoms with Crippen molar-refractivity contribution in [3.05, 3.63) is 5.21 Å². The van der Waals surface area contributed by atoms with Crippen molar-refractivity contribution < 1.29 is 24.5 Å². The molecule has 1 rings (SSSR count). The van der Waals surface area contributed by atoms with Crippen molar-refractivity contribution in [2.75, 3.05) is 20.4 Å². The first-order valence-corrected chi connectivity index (χ1v) is 5.77. The van der Waals surface area contributed by atoms with E-state index in [1.807, 2.05) is 0 Å². The van der Waals surface area contributed by atoms with Crippen LogP contribution in [0.2, 0.25) is 0 Å². The lowest BCUT2D eigenvalue weighted by Gasteiger charge is -2.28. The number of likely N-dealkylation sites (tertiary alicyclic amines) is 1. The highest BCUT2D eigenvalue weighted by Crippen LogP contribution is 2.13. The molecule has 0 aromatic heterocycles. The Balaban J connectivity index is 2.53. The SMILES string of the molecule is CN([N+]([O-])=NOCN1C(=O)CCC1=O)C(C)(C)CO. The zero-order valence-electron chi connectivity index (χ0n) is 11.2. The summed E-state index contributed by atoms with van der Waals surface area (Å²) in [7, 11) is 1.43. The number of likely N-dealkylation sites (N-methyl/N-ethyl adjacent to an activating group) is 1. The molecular formula is C10H18N4O5. The van der Waals surface area contributed by atoms with Gasteiger partial charge in [-0.15, -0.1) is 5.01 Å². The van der Waals surface area contributed by atoms with Crippen LogP contribution in [0.4, 0.5) is 0 Å². The number of hydrogen-bond acceptors (Lipinski definition) is 6. The maximum Gasteiger partial charge on any atom is 0.235 e. The minimum atomic E-state index is -0.812. The van der Waals surface area contributed by atoms with Crippen LogP contribution in [-0.4, -0.2) is 57.7 Å². The molecule has 0 aromatic carbocycles. The highest BCUT2D eigenvalue weighted by atomic mass is 16.7. The highest BCUT2D eigenvalue weighted by molar-refractivity contribution is 6.01. The predicted octanol–water partition coefficient (Wildman–Crippen LogP) is -0.395. The molecule has 1 aliphatic rings. The molecule has 0 unspecified atom stereocenters. The smallest absolute Gasteiger partial charge is 0.235 e. The number of aliphatic hydroxyl groups is 1. The Morgan fingerprint density at radius 1 is 1.47 bits per heavy atom. The van der Waals surface area contributed by atoms with Gasteiger partial charge >= 0.3 is 0 Å². The lowest BCUT2D eigenvalue weighted by atomic mass is 10.1. The first kappa shape index (κ1) is 15.2. The first-order valence-electron chi connectivity index (χ1n) is 5.77. The number of carbonyl (C=O) groups is 2. The third-order valence-electron chi connectivity index (χ3n) is 2.99. The molecule has 1 heterocycles. The highest BCUT2D eigenvalue weighted by Gasteiger charge is 2.31. The van der Waals surface area contributed by atoms with Gasteiger partial charge < -0.3 is 15.2 Å². The molecule has 2 amide bonds. The molecule has 19 heavy (non-hydrogen) atoms. The summed E-state index contributed by atoms with van der Waals surface area (Å²) >= 11 is 0. The van der Waals surface area contributed by atoms with Gasteiger partial charge in [-0.05, 0) is 13.8 Å². The Morgan fingerprint density at radius 2 is 2.00 bits per heavy atom. The van der Waals surface area contributed by atoms with Crippen LogP contribution in [0.3, 0.4) is 0 Å². The van der Waals surface area contributed by atoms with E-state index in [4.69, 9.17) is 5.11 Å². The molecule has 0 spiro atoms. The summed E-state index contributed by atoms with van der Waals surface area (Å²) in [6.07, 6.45) is 0.307. The summed E-state index contributed by atoms with van der Waals surface area (Å²) in [5, 5.41) is 25.0. The molecule has 1 saturated heterocycles. The third-order valence-corrected chi connectivity index (χ3v) is 2.99. The van der Waals surface area contributed by atoms with E-state index in [-0.39, 0.29) is 43.0 Å². The van der Waals surface area contributed by atoms with E-state index >= 15 is 0 Å². The maximum atomic E-state index is 11.5. The van der Waals surface area contributed by atoms with Crippen LogP contribution < -0.4 is 0 Å². The number of carbonyl (C=O) groups excluding carboxylic acids is 2. The molecule has 0 radical (unpaired) electrons. The van der Waals surface area contributed by atoms with Gasteiger partial charge in [0.25, 0.3) is 0 Å². The van der Waals surface area contributed by atoms with Crippen LogP contribution in [-0.2, 0) is 14.4 Å². The van der Waals surface area contributed by atoms with E-state index < -0.39 is 5.54 Å². The zero-order chi connectivity index (χ0) is 14.6. The van der Waals surface area contributed by atoms with Gasteiger partial charge in [-0.2, -0.15) is 0 Å². The van der Waals surface area contributed by atoms with Crippen molar-refractivity contribution in [2.45, 2.75) is 32.2 Å². The second-order valence-electron chi connectivity index (χ2n) is 4.80. The Morgan fingerprint density at radius 3 is 2.47 bits per heavy atom. The Bertz CT molecular complexity index is 379. The summed E-state index contributed by atoms with van der Waals surface area (Å²) in [5.74, 6) is -0.691. The van der Waals surface area contributed by atoms with Gasteiger partial charge in [-0.25, -0.2) is 4.90 Å². The quantitative estimate of drug-likeness (QED) is 0.306. The largest absolute Gasteiger partial charge is 0.569 e. The fraction of sp³-hybridized carbons (Fsp3) is 0.800. The molecule has 108 valence electrons. The fourth-order valence-electron chi connectivity index (χ4n) is 1.29. The third kappa shape index (κ3) is 3.53. The monoisotopic (exact) mass is 274 g/mol. The van der Waals surface area contributed by atoms with Crippen molar-refractivity contribution in [3.63, 3.8) is 0 Å². The van der Waals surface area contributed by atoms with Gasteiger partial charge in [0.1, 0.15) is 5.54 Å². The molecular weight excluding hydrogens is 256 g/mol. The molecule has 9 heteroatoms. The lowest BCUT2D eigenvalue weighted by molar-refractivity contribution is -0.721. The molecule has 1 fully saturated rings. The van der Waals surface area contributed by atoms with Crippen molar-refractivity contribution in [3.8, 4) is 0 Å². The Labute approximate surface area is 110 Å². The van der Waals surface area contributed by atoms with Gasteiger partial charge in [0.2, 0.25) is 23.8 Å². The van der Waals surface area contributed by atoms with Crippen LogP contribution in [0, 0.1) is 5.21 Å². The molecule has 9 nitrogen and oxygen atoms in total. The van der Waals surface area contributed by atoms with E-state index in [9.17, 15) is 14.8 Å². The maximum absolute atomic E-state index is 11.5. The van der Waals surface area contributed by atoms with Gasteiger partial charge in [0, 0.05) is 12.8 Å². The second kappa shape index (κ2) is 5.83. The number of aliphatic hydroxyl groups excluding tert-OH is 1. The fourth-order valence-corrected chi connectivity index (χ4v) is 1.29. The summed E-state index contributed by atoms with van der Waals surface area (Å²) < 4.78 is 0. The second-order valence-corrected chi connectivity index (χ2v) is 4.80. The van der Waals surface area contributed by atoms with Crippen molar-refractivity contribution in [2.24, 2.45) is 5.28 Å². The summed E-state index contributed by atoms with van der Waals surface area (Å²) in [4.78, 5) is 28.2. The van der Waals surface area contributed by atoms with E-state index in [2.05, 4.69) is 10.1 Å². The van der Waals surface area contributed by atoms with Crippen LogP contribution in [0.15, 0.2) is 5.28 Å². The number of imide groups is 1. The van der Waals surface area contributed by atoms with E-state index in [0.717, 1.165) is 9.91 Å². The van der Waals surface area contributed by atoms with E-state index in [1.54, 1.807) is 13.8 Å². The number of hydrazine groups is 1. The topological polar surface area (TPSA) is 109 Å². The molecule has 0 aromatic rings. The van der Waals surface area contributed by atoms with Crippen LogP contribution in [0.25, 0.3) is 0 Å². The minimum Gasteiger partial charge on any atom is -0.569 e. The van der Waals surface area contributed by atoms with Gasteiger partial charge in [-0.1, -0.05) is 0 Å². The van der Waals surface area contributed by atoms with Crippen molar-refractivity contribution in [1.29, 1.82) is 0 Å².